The molecule has 0 aromatic heterocycles. The fraction of sp³-hybridized carbons (Fsp3) is 0.481. The van der Waals surface area contributed by atoms with Crippen LogP contribution in [0.1, 0.15) is 60.0 Å². The van der Waals surface area contributed by atoms with Crippen molar-refractivity contribution in [1.29, 1.82) is 0 Å². The lowest BCUT2D eigenvalue weighted by Crippen LogP contribution is -2.44. The highest BCUT2D eigenvalue weighted by Crippen LogP contribution is 2.26. The first-order valence-corrected chi connectivity index (χ1v) is 12.4. The average Bonchev–Trinajstić information content (AvgIpc) is 3.44. The first kappa shape index (κ1) is 24.1. The van der Waals surface area contributed by atoms with Crippen LogP contribution in [0.25, 0.3) is 0 Å². The Hall–Kier alpha value is -3.06. The maximum Gasteiger partial charge on any atom is 0.254 e. The van der Waals surface area contributed by atoms with Crippen LogP contribution in [0.3, 0.4) is 0 Å². The third kappa shape index (κ3) is 6.29. The first-order chi connectivity index (χ1) is 16.5. The summed E-state index contributed by atoms with van der Waals surface area (Å²) in [5.41, 5.74) is 2.79. The molecule has 0 aliphatic carbocycles. The van der Waals surface area contributed by atoms with Crippen LogP contribution in [0, 0.1) is 0 Å². The molecule has 1 atom stereocenters. The lowest BCUT2D eigenvalue weighted by atomic mass is 10.0. The highest BCUT2D eigenvalue weighted by molar-refractivity contribution is 5.98. The lowest BCUT2D eigenvalue weighted by Gasteiger charge is -2.25. The number of carbonyl (C=O) groups excluding carboxylic acids is 2. The van der Waals surface area contributed by atoms with Gasteiger partial charge < -0.3 is 25.3 Å². The quantitative estimate of drug-likeness (QED) is 0.349. The Labute approximate surface area is 201 Å². The van der Waals surface area contributed by atoms with E-state index < -0.39 is 0 Å². The van der Waals surface area contributed by atoms with Crippen LogP contribution >= 0.6 is 0 Å². The Kier molecular flexibility index (Phi) is 8.06. The van der Waals surface area contributed by atoms with Crippen LogP contribution in [-0.4, -0.2) is 64.0 Å². The van der Waals surface area contributed by atoms with Crippen LogP contribution in [0.5, 0.6) is 11.5 Å². The zero-order valence-electron chi connectivity index (χ0n) is 19.7. The van der Waals surface area contributed by atoms with Crippen molar-refractivity contribution in [2.45, 2.75) is 57.5 Å². The highest BCUT2D eigenvalue weighted by Gasteiger charge is 2.26. The third-order valence-electron chi connectivity index (χ3n) is 6.79. The van der Waals surface area contributed by atoms with Gasteiger partial charge in [-0.2, -0.15) is 0 Å². The van der Waals surface area contributed by atoms with Gasteiger partial charge in [0.25, 0.3) is 5.91 Å². The summed E-state index contributed by atoms with van der Waals surface area (Å²) in [6.45, 7) is 4.28. The molecule has 2 aromatic rings. The maximum atomic E-state index is 12.7. The monoisotopic (exact) mass is 465 g/mol. The topological polar surface area (TPSA) is 93.1 Å². The fourth-order valence-electron chi connectivity index (χ4n) is 4.98. The summed E-state index contributed by atoms with van der Waals surface area (Å²) >= 11 is 0. The number of rotatable bonds is 11. The molecule has 2 heterocycles. The predicted octanol–water partition coefficient (Wildman–Crippen LogP) is 3.44. The van der Waals surface area contributed by atoms with Gasteiger partial charge in [0.2, 0.25) is 5.91 Å². The lowest BCUT2D eigenvalue weighted by molar-refractivity contribution is -0.122. The molecule has 0 radical (unpaired) electrons. The second kappa shape index (κ2) is 11.4. The number of phenols is 2. The van der Waals surface area contributed by atoms with Gasteiger partial charge in [0, 0.05) is 37.7 Å². The van der Waals surface area contributed by atoms with Crippen molar-refractivity contribution < 1.29 is 19.8 Å². The van der Waals surface area contributed by atoms with Crippen molar-refractivity contribution in [2.75, 3.05) is 26.2 Å². The van der Waals surface area contributed by atoms with E-state index in [0.29, 0.717) is 19.4 Å². The minimum Gasteiger partial charge on any atom is -0.504 e. The number of aromatic hydroxyl groups is 2. The summed E-state index contributed by atoms with van der Waals surface area (Å²) in [5, 5.41) is 22.6. The normalized spacial score (nSPS) is 16.6. The molecular weight excluding hydrogens is 430 g/mol. The molecule has 182 valence electrons. The van der Waals surface area contributed by atoms with Gasteiger partial charge in [-0.15, -0.1) is 0 Å². The van der Waals surface area contributed by atoms with Crippen molar-refractivity contribution in [3.05, 3.63) is 59.2 Å². The molecule has 0 unspecified atom stereocenters. The van der Waals surface area contributed by atoms with Crippen molar-refractivity contribution in [1.82, 2.24) is 15.1 Å². The molecule has 1 saturated heterocycles. The van der Waals surface area contributed by atoms with Crippen molar-refractivity contribution in [3.8, 4) is 11.5 Å². The number of benzene rings is 2. The Balaban J connectivity index is 1.20. The molecular formula is C27H35N3O4. The minimum atomic E-state index is -0.136. The Morgan fingerprint density at radius 3 is 2.56 bits per heavy atom. The second-order valence-electron chi connectivity index (χ2n) is 9.49. The minimum absolute atomic E-state index is 0.0388. The van der Waals surface area contributed by atoms with E-state index in [4.69, 9.17) is 0 Å². The molecule has 7 nitrogen and oxygen atoms in total. The smallest absolute Gasteiger partial charge is 0.254 e. The molecule has 0 saturated carbocycles. The summed E-state index contributed by atoms with van der Waals surface area (Å²) in [4.78, 5) is 29.4. The van der Waals surface area contributed by atoms with Crippen LogP contribution in [0.2, 0.25) is 0 Å². The third-order valence-corrected chi connectivity index (χ3v) is 6.79. The summed E-state index contributed by atoms with van der Waals surface area (Å²) in [6.07, 6.45) is 6.01. The highest BCUT2D eigenvalue weighted by atomic mass is 16.3. The van der Waals surface area contributed by atoms with E-state index in [1.807, 2.05) is 29.2 Å². The number of nitrogens with one attached hydrogen (secondary N) is 1. The van der Waals surface area contributed by atoms with Gasteiger partial charge in [-0.25, -0.2) is 0 Å². The SMILES string of the molecule is O=C(CCCCCN1Cc2ccccc2C1=O)N[C@@H](Cc1ccc(O)c(O)c1)CN1CCCC1. The molecule has 4 rings (SSSR count). The first-order valence-electron chi connectivity index (χ1n) is 12.4. The number of likely N-dealkylation sites (tertiary alicyclic amines) is 1. The molecule has 3 N–H and O–H groups in total. The predicted molar refractivity (Wildman–Crippen MR) is 131 cm³/mol. The van der Waals surface area contributed by atoms with Gasteiger partial charge >= 0.3 is 0 Å². The van der Waals surface area contributed by atoms with Gasteiger partial charge in [0.15, 0.2) is 11.5 Å². The van der Waals surface area contributed by atoms with E-state index in [1.165, 1.54) is 18.9 Å². The Morgan fingerprint density at radius 2 is 1.79 bits per heavy atom. The van der Waals surface area contributed by atoms with Crippen LogP contribution in [0.15, 0.2) is 42.5 Å². The van der Waals surface area contributed by atoms with Gasteiger partial charge in [-0.1, -0.05) is 30.7 Å². The van der Waals surface area contributed by atoms with Gasteiger partial charge in [-0.3, -0.25) is 9.59 Å². The molecule has 7 heteroatoms. The molecule has 0 bridgehead atoms. The van der Waals surface area contributed by atoms with Crippen molar-refractivity contribution in [2.24, 2.45) is 0 Å². The van der Waals surface area contributed by atoms with Crippen molar-refractivity contribution in [3.63, 3.8) is 0 Å². The van der Waals surface area contributed by atoms with E-state index in [9.17, 15) is 19.8 Å². The van der Waals surface area contributed by atoms with Crippen molar-refractivity contribution >= 4 is 11.8 Å². The number of nitrogens with zero attached hydrogens (tertiary/aromatic N) is 2. The zero-order valence-corrected chi connectivity index (χ0v) is 19.7. The number of fused-ring (bicyclic) bond motifs is 1. The Bertz CT molecular complexity index is 1000. The molecule has 2 amide bonds. The number of unbranched alkanes of at least 4 members (excludes halogenated alkanes) is 2. The van der Waals surface area contributed by atoms with Gasteiger partial charge in [0.05, 0.1) is 0 Å². The van der Waals surface area contributed by atoms with E-state index >= 15 is 0 Å². The molecule has 34 heavy (non-hydrogen) atoms. The molecule has 2 aromatic carbocycles. The van der Waals surface area contributed by atoms with Gasteiger partial charge in [0.1, 0.15) is 0 Å². The van der Waals surface area contributed by atoms with Crippen LogP contribution in [0.4, 0.5) is 0 Å². The number of hydrogen-bond acceptors (Lipinski definition) is 5. The number of hydrogen-bond donors (Lipinski definition) is 3. The average molecular weight is 466 g/mol. The second-order valence-corrected chi connectivity index (χ2v) is 9.49. The molecule has 2 aliphatic heterocycles. The number of phenolic OH excluding ortho intramolecular Hbond substituents is 2. The number of amides is 2. The zero-order chi connectivity index (χ0) is 23.9. The van der Waals surface area contributed by atoms with E-state index in [1.54, 1.807) is 12.1 Å². The molecule has 0 spiro atoms. The molecule has 2 aliphatic rings. The fourth-order valence-corrected chi connectivity index (χ4v) is 4.98. The summed E-state index contributed by atoms with van der Waals surface area (Å²) < 4.78 is 0. The van der Waals surface area contributed by atoms with E-state index in [2.05, 4.69) is 10.2 Å². The van der Waals surface area contributed by atoms with E-state index in [-0.39, 0.29) is 29.4 Å². The largest absolute Gasteiger partial charge is 0.504 e. The van der Waals surface area contributed by atoms with Crippen LogP contribution in [-0.2, 0) is 17.8 Å². The summed E-state index contributed by atoms with van der Waals surface area (Å²) in [5.74, 6) is -0.123. The molecule has 1 fully saturated rings. The summed E-state index contributed by atoms with van der Waals surface area (Å²) in [7, 11) is 0. The van der Waals surface area contributed by atoms with Gasteiger partial charge in [-0.05, 0) is 74.5 Å². The van der Waals surface area contributed by atoms with Crippen LogP contribution < -0.4 is 5.32 Å². The standard InChI is InChI=1S/C27H35N3O4/c31-24-12-11-20(17-25(24)32)16-22(19-29-13-6-7-14-29)28-26(33)10-2-1-5-15-30-18-21-8-3-4-9-23(21)27(30)34/h3-4,8-9,11-12,17,22,31-32H,1-2,5-7,10,13-16,18-19H2,(H,28,33)/t22-/m0/s1. The maximum absolute atomic E-state index is 12.7. The summed E-state index contributed by atoms with van der Waals surface area (Å²) in [6, 6.07) is 12.6. The van der Waals surface area contributed by atoms with E-state index in [0.717, 1.165) is 62.1 Å². The Morgan fingerprint density at radius 1 is 1.00 bits per heavy atom. The number of carbonyl (C=O) groups is 2.